The normalized spacial score (nSPS) is 36.6. The molecule has 3 fully saturated rings. The van der Waals surface area contributed by atoms with E-state index in [1.165, 1.54) is 36.8 Å². The Morgan fingerprint density at radius 1 is 1.10 bits per heavy atom. The van der Waals surface area contributed by atoms with Gasteiger partial charge in [-0.25, -0.2) is 0 Å². The summed E-state index contributed by atoms with van der Waals surface area (Å²) in [5.74, 6) is 4.71. The zero-order valence-corrected chi connectivity index (χ0v) is 19.0. The van der Waals surface area contributed by atoms with Gasteiger partial charge in [-0.3, -0.25) is 9.36 Å². The third-order valence-corrected chi connectivity index (χ3v) is 9.78. The van der Waals surface area contributed by atoms with Crippen LogP contribution in [0.15, 0.2) is 28.8 Å². The molecule has 4 nitrogen and oxygen atoms in total. The molecule has 5 atom stereocenters. The van der Waals surface area contributed by atoms with Crippen LogP contribution >= 0.6 is 7.60 Å². The molecule has 0 radical (unpaired) electrons. The van der Waals surface area contributed by atoms with Gasteiger partial charge in [-0.1, -0.05) is 12.5 Å². The molecular weight excluding hydrogens is 383 g/mol. The lowest BCUT2D eigenvalue weighted by Gasteiger charge is -2.52. The van der Waals surface area contributed by atoms with Crippen LogP contribution in [0.2, 0.25) is 0 Å². The van der Waals surface area contributed by atoms with Crippen LogP contribution in [0.5, 0.6) is 0 Å². The van der Waals surface area contributed by atoms with E-state index >= 15 is 0 Å². The summed E-state index contributed by atoms with van der Waals surface area (Å²) in [7, 11) is -3.20. The number of rotatable bonds is 5. The average Bonchev–Trinajstić information content (AvgIpc) is 3.03. The molecule has 4 rings (SSSR count). The Bertz CT molecular complexity index is 796. The van der Waals surface area contributed by atoms with Crippen LogP contribution < -0.4 is 0 Å². The molecule has 0 aliphatic heterocycles. The zero-order valence-electron chi connectivity index (χ0n) is 18.1. The predicted molar refractivity (Wildman–Crippen MR) is 115 cm³/mol. The molecule has 0 aromatic carbocycles. The summed E-state index contributed by atoms with van der Waals surface area (Å²) in [5, 5.41) is 0. The van der Waals surface area contributed by atoms with E-state index in [0.29, 0.717) is 30.8 Å². The summed E-state index contributed by atoms with van der Waals surface area (Å²) in [6, 6.07) is 0. The molecular formula is C24H35O4P. The second-order valence-corrected chi connectivity index (χ2v) is 11.3. The van der Waals surface area contributed by atoms with E-state index in [-0.39, 0.29) is 5.41 Å². The van der Waals surface area contributed by atoms with Gasteiger partial charge in [0.15, 0.2) is 5.78 Å². The molecule has 5 heteroatoms. The number of fused-ring (bicyclic) bond motifs is 5. The molecule has 4 aliphatic rings. The molecule has 0 spiro atoms. The Kier molecular flexibility index (Phi) is 6.11. The molecule has 29 heavy (non-hydrogen) atoms. The molecule has 0 aromatic rings. The van der Waals surface area contributed by atoms with Crippen LogP contribution in [0.4, 0.5) is 0 Å². The number of hydrogen-bond donors (Lipinski definition) is 0. The second kappa shape index (κ2) is 8.31. The first-order chi connectivity index (χ1) is 13.9. The van der Waals surface area contributed by atoms with E-state index in [1.807, 2.05) is 19.9 Å². The van der Waals surface area contributed by atoms with Crippen LogP contribution in [0, 0.1) is 29.1 Å². The third-order valence-electron chi connectivity index (χ3n) is 8.10. The lowest BCUT2D eigenvalue weighted by molar-refractivity contribution is -0.115. The SMILES string of the molecule is CCOP(=O)(C=C=C1CC[C@H]2[C@@H]3CCC4=CC(=O)CC[C@@H]4[C@H]3CC[C@]12C)OCC. The van der Waals surface area contributed by atoms with E-state index in [9.17, 15) is 9.36 Å². The van der Waals surface area contributed by atoms with Crippen molar-refractivity contribution < 1.29 is 18.4 Å². The highest BCUT2D eigenvalue weighted by Gasteiger charge is 2.54. The van der Waals surface area contributed by atoms with E-state index in [0.717, 1.165) is 37.5 Å². The molecule has 160 valence electrons. The minimum absolute atomic E-state index is 0.145. The largest absolute Gasteiger partial charge is 0.361 e. The maximum Gasteiger partial charge on any atom is 0.361 e. The quantitative estimate of drug-likeness (QED) is 0.381. The Balaban J connectivity index is 1.58. The van der Waals surface area contributed by atoms with Crippen LogP contribution in [0.1, 0.15) is 72.1 Å². The highest BCUT2D eigenvalue weighted by atomic mass is 31.2. The van der Waals surface area contributed by atoms with Crippen molar-refractivity contribution in [2.75, 3.05) is 13.2 Å². The van der Waals surface area contributed by atoms with Crippen molar-refractivity contribution in [3.8, 4) is 0 Å². The van der Waals surface area contributed by atoms with Crippen LogP contribution in [-0.2, 0) is 18.4 Å². The monoisotopic (exact) mass is 418 g/mol. The topological polar surface area (TPSA) is 52.6 Å². The first-order valence-electron chi connectivity index (χ1n) is 11.5. The molecule has 0 N–H and O–H groups in total. The van der Waals surface area contributed by atoms with Gasteiger partial charge in [-0.2, -0.15) is 0 Å². The zero-order chi connectivity index (χ0) is 20.6. The molecule has 3 saturated carbocycles. The van der Waals surface area contributed by atoms with Gasteiger partial charge in [0.2, 0.25) is 0 Å². The molecule has 0 unspecified atom stereocenters. The smallest absolute Gasteiger partial charge is 0.305 e. The summed E-state index contributed by atoms with van der Waals surface area (Å²) in [5.41, 5.74) is 6.30. The maximum atomic E-state index is 12.8. The van der Waals surface area contributed by atoms with Gasteiger partial charge < -0.3 is 9.05 Å². The number of carbonyl (C=O) groups is 1. The molecule has 4 aliphatic carbocycles. The van der Waals surface area contributed by atoms with Gasteiger partial charge in [0.1, 0.15) is 0 Å². The minimum Gasteiger partial charge on any atom is -0.305 e. The fourth-order valence-corrected chi connectivity index (χ4v) is 8.12. The Labute approximate surface area is 175 Å². The summed E-state index contributed by atoms with van der Waals surface area (Å²) in [4.78, 5) is 11.9. The second-order valence-electron chi connectivity index (χ2n) is 9.43. The highest BCUT2D eigenvalue weighted by molar-refractivity contribution is 7.57. The highest BCUT2D eigenvalue weighted by Crippen LogP contribution is 2.63. The Morgan fingerprint density at radius 3 is 2.59 bits per heavy atom. The predicted octanol–water partition coefficient (Wildman–Crippen LogP) is 6.43. The van der Waals surface area contributed by atoms with E-state index in [1.54, 1.807) is 5.82 Å². The van der Waals surface area contributed by atoms with Gasteiger partial charge in [0.05, 0.1) is 19.0 Å². The van der Waals surface area contributed by atoms with Crippen molar-refractivity contribution in [3.63, 3.8) is 0 Å². The summed E-state index contributed by atoms with van der Waals surface area (Å²) in [6.07, 6.45) is 10.7. The standard InChI is InChI=1S/C24H35O4P/c1-4-27-29(26,28-5-2)15-13-18-7-11-23-22-9-6-17-16-19(25)8-10-20(17)21(22)12-14-24(18,23)3/h15-16,20-23H,4-12,14H2,1-3H3/t13?,20-,21+,22+,23-,24+/m0/s1. The van der Waals surface area contributed by atoms with E-state index < -0.39 is 7.60 Å². The number of allylic oxidation sites excluding steroid dienone is 2. The number of ketones is 1. The van der Waals surface area contributed by atoms with Crippen molar-refractivity contribution in [2.24, 2.45) is 29.1 Å². The van der Waals surface area contributed by atoms with Gasteiger partial charge in [0, 0.05) is 6.42 Å². The molecule has 0 aromatic heterocycles. The first kappa shape index (κ1) is 21.3. The summed E-state index contributed by atoms with van der Waals surface area (Å²) >= 11 is 0. The summed E-state index contributed by atoms with van der Waals surface area (Å²) in [6.45, 7) is 6.82. The minimum atomic E-state index is -3.20. The van der Waals surface area contributed by atoms with Crippen LogP contribution in [0.3, 0.4) is 0 Å². The van der Waals surface area contributed by atoms with Crippen molar-refractivity contribution in [1.82, 2.24) is 0 Å². The maximum absolute atomic E-state index is 12.8. The third kappa shape index (κ3) is 3.90. The van der Waals surface area contributed by atoms with E-state index in [2.05, 4.69) is 12.7 Å². The Morgan fingerprint density at radius 2 is 1.86 bits per heavy atom. The van der Waals surface area contributed by atoms with Crippen molar-refractivity contribution in [3.05, 3.63) is 28.8 Å². The Hall–Kier alpha value is -0.920. The van der Waals surface area contributed by atoms with E-state index in [4.69, 9.17) is 9.05 Å². The summed E-state index contributed by atoms with van der Waals surface area (Å²) < 4.78 is 23.7. The average molecular weight is 419 g/mol. The van der Waals surface area contributed by atoms with Crippen LogP contribution in [-0.4, -0.2) is 19.0 Å². The van der Waals surface area contributed by atoms with Gasteiger partial charge in [-0.15, -0.1) is 5.73 Å². The lowest BCUT2D eigenvalue weighted by atomic mass is 9.52. The molecule has 0 amide bonds. The lowest BCUT2D eigenvalue weighted by Crippen LogP contribution is -2.45. The molecule has 0 saturated heterocycles. The van der Waals surface area contributed by atoms with Gasteiger partial charge in [0.25, 0.3) is 0 Å². The fraction of sp³-hybridized carbons (Fsp3) is 0.750. The molecule has 0 bridgehead atoms. The van der Waals surface area contributed by atoms with Crippen LogP contribution in [0.25, 0.3) is 0 Å². The fourth-order valence-electron chi connectivity index (χ4n) is 6.86. The van der Waals surface area contributed by atoms with Crippen molar-refractivity contribution in [2.45, 2.75) is 72.1 Å². The number of hydrogen-bond acceptors (Lipinski definition) is 4. The number of carbonyl (C=O) groups excluding carboxylic acids is 1. The molecule has 0 heterocycles. The van der Waals surface area contributed by atoms with Gasteiger partial charge >= 0.3 is 7.60 Å². The van der Waals surface area contributed by atoms with Gasteiger partial charge in [-0.05, 0) is 99.5 Å². The van der Waals surface area contributed by atoms with Crippen molar-refractivity contribution in [1.29, 1.82) is 0 Å². The first-order valence-corrected chi connectivity index (χ1v) is 13.1. The van der Waals surface area contributed by atoms with Crippen molar-refractivity contribution >= 4 is 13.4 Å².